The van der Waals surface area contributed by atoms with Gasteiger partial charge in [0.15, 0.2) is 0 Å². The molecule has 1 aromatic heterocycles. The maximum Gasteiger partial charge on any atom is 0.332 e. The molecule has 0 amide bonds. The van der Waals surface area contributed by atoms with Gasteiger partial charge >= 0.3 is 5.69 Å². The Hall–Kier alpha value is -1.72. The van der Waals surface area contributed by atoms with Crippen LogP contribution >= 0.6 is 0 Å². The lowest BCUT2D eigenvalue weighted by Crippen LogP contribution is -2.45. The van der Waals surface area contributed by atoms with Crippen LogP contribution in [0.2, 0.25) is 0 Å². The SMILES string of the molecule is CN1CCNc2c1n(C)c(=O)n(C)c2=O. The van der Waals surface area contributed by atoms with Gasteiger partial charge in [-0.3, -0.25) is 13.9 Å². The molecule has 6 heteroatoms. The molecule has 1 aliphatic heterocycles. The summed E-state index contributed by atoms with van der Waals surface area (Å²) < 4.78 is 2.61. The molecule has 6 nitrogen and oxygen atoms in total. The predicted octanol–water partition coefficient (Wildman–Crippen LogP) is -1.05. The molecule has 0 saturated heterocycles. The number of aromatic nitrogens is 2. The van der Waals surface area contributed by atoms with E-state index in [-0.39, 0.29) is 11.2 Å². The number of nitrogens with one attached hydrogen (secondary N) is 1. The molecule has 0 saturated carbocycles. The highest BCUT2D eigenvalue weighted by Crippen LogP contribution is 2.21. The quantitative estimate of drug-likeness (QED) is 0.593. The summed E-state index contributed by atoms with van der Waals surface area (Å²) in [6.45, 7) is 1.50. The maximum absolute atomic E-state index is 11.8. The first-order valence-electron chi connectivity index (χ1n) is 4.79. The topological polar surface area (TPSA) is 59.3 Å². The Morgan fingerprint density at radius 1 is 1.13 bits per heavy atom. The first-order chi connectivity index (χ1) is 7.04. The van der Waals surface area contributed by atoms with Gasteiger partial charge in [-0.05, 0) is 0 Å². The Morgan fingerprint density at radius 2 is 1.80 bits per heavy atom. The molecule has 15 heavy (non-hydrogen) atoms. The van der Waals surface area contributed by atoms with E-state index in [1.165, 1.54) is 11.6 Å². The normalized spacial score (nSPS) is 14.7. The molecule has 0 spiro atoms. The number of anilines is 2. The zero-order chi connectivity index (χ0) is 11.2. The smallest absolute Gasteiger partial charge is 0.332 e. The molecular formula is C9H14N4O2. The number of nitrogens with zero attached hydrogens (tertiary/aromatic N) is 3. The number of fused-ring (bicyclic) bond motifs is 1. The molecular weight excluding hydrogens is 196 g/mol. The van der Waals surface area contributed by atoms with Crippen molar-refractivity contribution in [1.82, 2.24) is 9.13 Å². The van der Waals surface area contributed by atoms with Gasteiger partial charge in [-0.2, -0.15) is 0 Å². The van der Waals surface area contributed by atoms with Gasteiger partial charge in [0.05, 0.1) is 0 Å². The third-order valence-corrected chi connectivity index (χ3v) is 2.74. The minimum atomic E-state index is -0.297. The lowest BCUT2D eigenvalue weighted by atomic mass is 10.3. The Kier molecular flexibility index (Phi) is 2.06. The van der Waals surface area contributed by atoms with E-state index in [0.717, 1.165) is 17.7 Å². The minimum Gasteiger partial charge on any atom is -0.376 e. The Balaban J connectivity index is 2.87. The van der Waals surface area contributed by atoms with Crippen LogP contribution in [0.1, 0.15) is 0 Å². The summed E-state index contributed by atoms with van der Waals surface area (Å²) in [6.07, 6.45) is 0. The number of rotatable bonds is 0. The van der Waals surface area contributed by atoms with E-state index in [0.29, 0.717) is 11.5 Å². The van der Waals surface area contributed by atoms with Gasteiger partial charge in [0.1, 0.15) is 11.5 Å². The van der Waals surface area contributed by atoms with Gasteiger partial charge in [0.2, 0.25) is 0 Å². The second-order valence-corrected chi connectivity index (χ2v) is 3.75. The molecule has 0 aliphatic carbocycles. The predicted molar refractivity (Wildman–Crippen MR) is 58.7 cm³/mol. The van der Waals surface area contributed by atoms with E-state index in [9.17, 15) is 9.59 Å². The van der Waals surface area contributed by atoms with Crippen LogP contribution in [0.25, 0.3) is 0 Å². The minimum absolute atomic E-state index is 0.264. The van der Waals surface area contributed by atoms with Crippen LogP contribution in [0.5, 0.6) is 0 Å². The summed E-state index contributed by atoms with van der Waals surface area (Å²) in [6, 6.07) is 0. The summed E-state index contributed by atoms with van der Waals surface area (Å²) in [4.78, 5) is 25.4. The summed E-state index contributed by atoms with van der Waals surface area (Å²) in [5.41, 5.74) is -0.0534. The van der Waals surface area contributed by atoms with Crippen molar-refractivity contribution in [2.75, 3.05) is 30.4 Å². The van der Waals surface area contributed by atoms with E-state index >= 15 is 0 Å². The van der Waals surface area contributed by atoms with Crippen molar-refractivity contribution in [2.24, 2.45) is 14.1 Å². The molecule has 0 aromatic carbocycles. The third-order valence-electron chi connectivity index (χ3n) is 2.74. The molecule has 1 aliphatic rings. The fourth-order valence-electron chi connectivity index (χ4n) is 1.89. The standard InChI is InChI=1S/C9H14N4O2/c1-11-5-4-10-6-7(11)12(2)9(15)13(3)8(6)14/h10H,4-5H2,1-3H3. The van der Waals surface area contributed by atoms with Gasteiger partial charge in [-0.15, -0.1) is 0 Å². The summed E-state index contributed by atoms with van der Waals surface area (Å²) >= 11 is 0. The van der Waals surface area contributed by atoms with E-state index in [4.69, 9.17) is 0 Å². The molecule has 0 unspecified atom stereocenters. The van der Waals surface area contributed by atoms with Gasteiger partial charge in [0.25, 0.3) is 5.56 Å². The molecule has 0 fully saturated rings. The van der Waals surface area contributed by atoms with Crippen LogP contribution in [-0.2, 0) is 14.1 Å². The average Bonchev–Trinajstić information content (AvgIpc) is 2.23. The van der Waals surface area contributed by atoms with Crippen molar-refractivity contribution in [3.63, 3.8) is 0 Å². The first kappa shape index (κ1) is 9.82. The van der Waals surface area contributed by atoms with Crippen LogP contribution in [0.3, 0.4) is 0 Å². The Bertz CT molecular complexity index is 514. The van der Waals surface area contributed by atoms with Gasteiger partial charge < -0.3 is 10.2 Å². The fraction of sp³-hybridized carbons (Fsp3) is 0.556. The average molecular weight is 210 g/mol. The maximum atomic E-state index is 11.8. The highest BCUT2D eigenvalue weighted by atomic mass is 16.2. The number of likely N-dealkylation sites (N-methyl/N-ethyl adjacent to an activating group) is 1. The van der Waals surface area contributed by atoms with Crippen LogP contribution < -0.4 is 21.5 Å². The second kappa shape index (κ2) is 3.15. The molecule has 0 bridgehead atoms. The first-order valence-corrected chi connectivity index (χ1v) is 4.79. The van der Waals surface area contributed by atoms with Crippen molar-refractivity contribution in [3.05, 3.63) is 20.8 Å². The monoisotopic (exact) mass is 210 g/mol. The zero-order valence-electron chi connectivity index (χ0n) is 9.07. The van der Waals surface area contributed by atoms with E-state index < -0.39 is 0 Å². The van der Waals surface area contributed by atoms with Crippen molar-refractivity contribution in [3.8, 4) is 0 Å². The molecule has 82 valence electrons. The van der Waals surface area contributed by atoms with Crippen LogP contribution in [-0.4, -0.2) is 29.3 Å². The molecule has 0 atom stereocenters. The van der Waals surface area contributed by atoms with Gasteiger partial charge in [-0.1, -0.05) is 0 Å². The van der Waals surface area contributed by atoms with Gasteiger partial charge in [0, 0.05) is 34.2 Å². The van der Waals surface area contributed by atoms with Gasteiger partial charge in [-0.25, -0.2) is 4.79 Å². The zero-order valence-corrected chi connectivity index (χ0v) is 9.07. The molecule has 2 rings (SSSR count). The van der Waals surface area contributed by atoms with E-state index in [2.05, 4.69) is 5.32 Å². The van der Waals surface area contributed by atoms with Crippen molar-refractivity contribution in [2.45, 2.75) is 0 Å². The highest BCUT2D eigenvalue weighted by Gasteiger charge is 2.21. The third kappa shape index (κ3) is 1.25. The van der Waals surface area contributed by atoms with Crippen LogP contribution in [0, 0.1) is 0 Å². The number of hydrogen-bond acceptors (Lipinski definition) is 4. The Morgan fingerprint density at radius 3 is 2.47 bits per heavy atom. The molecule has 1 N–H and O–H groups in total. The number of hydrogen-bond donors (Lipinski definition) is 1. The Labute approximate surface area is 86.7 Å². The van der Waals surface area contributed by atoms with Crippen LogP contribution in [0.4, 0.5) is 11.5 Å². The molecule has 1 aromatic rings. The molecule has 0 radical (unpaired) electrons. The van der Waals surface area contributed by atoms with E-state index in [1.807, 2.05) is 11.9 Å². The van der Waals surface area contributed by atoms with Crippen molar-refractivity contribution >= 4 is 11.5 Å². The highest BCUT2D eigenvalue weighted by molar-refractivity contribution is 5.66. The summed E-state index contributed by atoms with van der Waals surface area (Å²) in [5.74, 6) is 0.661. The fourth-order valence-corrected chi connectivity index (χ4v) is 1.89. The molecule has 2 heterocycles. The largest absolute Gasteiger partial charge is 0.376 e. The lowest BCUT2D eigenvalue weighted by Gasteiger charge is -2.29. The van der Waals surface area contributed by atoms with E-state index in [1.54, 1.807) is 7.05 Å². The lowest BCUT2D eigenvalue weighted by molar-refractivity contribution is 0.664. The summed E-state index contributed by atoms with van der Waals surface area (Å²) in [5, 5.41) is 3.04. The van der Waals surface area contributed by atoms with Crippen LogP contribution in [0.15, 0.2) is 9.59 Å². The summed E-state index contributed by atoms with van der Waals surface area (Å²) in [7, 11) is 5.03. The van der Waals surface area contributed by atoms with Crippen molar-refractivity contribution in [1.29, 1.82) is 0 Å². The van der Waals surface area contributed by atoms with Crippen molar-refractivity contribution < 1.29 is 0 Å². The second-order valence-electron chi connectivity index (χ2n) is 3.75.